The van der Waals surface area contributed by atoms with Gasteiger partial charge in [0.25, 0.3) is 11.5 Å². The highest BCUT2D eigenvalue weighted by atomic mass is 16.7. The Morgan fingerprint density at radius 1 is 1.33 bits per heavy atom. The zero-order chi connectivity index (χ0) is 19.2. The van der Waals surface area contributed by atoms with Gasteiger partial charge in [-0.3, -0.25) is 14.2 Å². The van der Waals surface area contributed by atoms with Crippen LogP contribution in [-0.2, 0) is 23.4 Å². The average Bonchev–Trinajstić information content (AvgIpc) is 3.10. The summed E-state index contributed by atoms with van der Waals surface area (Å²) in [6.45, 7) is 4.47. The third kappa shape index (κ3) is 2.99. The molecule has 27 heavy (non-hydrogen) atoms. The second-order valence-corrected chi connectivity index (χ2v) is 6.82. The second kappa shape index (κ2) is 6.27. The standard InChI is InChI=1S/C18H19N3O6/c1-18(2)17-20-13(14(22)16(24)21(17)5-6-27-18)15(23)19-8-10-3-4-11-12(7-10)26-9-25-11/h3-4,7,22H,5-6,8-9H2,1-2H3,(H,19,23). The van der Waals surface area contributed by atoms with Gasteiger partial charge in [-0.25, -0.2) is 4.98 Å². The summed E-state index contributed by atoms with van der Waals surface area (Å²) in [4.78, 5) is 29.2. The Balaban J connectivity index is 1.59. The summed E-state index contributed by atoms with van der Waals surface area (Å²) in [6, 6.07) is 5.30. The molecule has 9 nitrogen and oxygen atoms in total. The minimum Gasteiger partial charge on any atom is -0.501 e. The Bertz CT molecular complexity index is 982. The second-order valence-electron chi connectivity index (χ2n) is 6.82. The van der Waals surface area contributed by atoms with Crippen molar-refractivity contribution in [2.75, 3.05) is 13.4 Å². The van der Waals surface area contributed by atoms with Gasteiger partial charge in [0.2, 0.25) is 12.5 Å². The quantitative estimate of drug-likeness (QED) is 0.821. The number of aromatic nitrogens is 2. The Hall–Kier alpha value is -3.07. The monoisotopic (exact) mass is 373 g/mol. The maximum absolute atomic E-state index is 12.5. The molecule has 0 atom stereocenters. The van der Waals surface area contributed by atoms with Crippen molar-refractivity contribution in [1.82, 2.24) is 14.9 Å². The number of rotatable bonds is 3. The molecule has 0 spiro atoms. The smallest absolute Gasteiger partial charge is 0.296 e. The van der Waals surface area contributed by atoms with Gasteiger partial charge in [-0.2, -0.15) is 0 Å². The third-order valence-corrected chi connectivity index (χ3v) is 4.57. The van der Waals surface area contributed by atoms with Crippen molar-refractivity contribution in [2.24, 2.45) is 0 Å². The van der Waals surface area contributed by atoms with E-state index in [1.165, 1.54) is 4.57 Å². The van der Waals surface area contributed by atoms with Crippen LogP contribution in [0.1, 0.15) is 35.7 Å². The van der Waals surface area contributed by atoms with Crippen LogP contribution in [0.2, 0.25) is 0 Å². The molecule has 0 radical (unpaired) electrons. The lowest BCUT2D eigenvalue weighted by Gasteiger charge is -2.32. The predicted molar refractivity (Wildman–Crippen MR) is 92.9 cm³/mol. The van der Waals surface area contributed by atoms with Gasteiger partial charge in [0.1, 0.15) is 11.4 Å². The molecule has 2 N–H and O–H groups in total. The van der Waals surface area contributed by atoms with E-state index in [1.54, 1.807) is 32.0 Å². The van der Waals surface area contributed by atoms with Gasteiger partial charge in [-0.1, -0.05) is 6.07 Å². The van der Waals surface area contributed by atoms with Gasteiger partial charge < -0.3 is 24.6 Å². The molecule has 0 aliphatic carbocycles. The summed E-state index contributed by atoms with van der Waals surface area (Å²) < 4.78 is 17.5. The number of aromatic hydroxyl groups is 1. The van der Waals surface area contributed by atoms with E-state index in [4.69, 9.17) is 14.2 Å². The number of benzene rings is 1. The number of carbonyl (C=O) groups excluding carboxylic acids is 1. The minimum absolute atomic E-state index is 0.167. The van der Waals surface area contributed by atoms with Crippen molar-refractivity contribution in [2.45, 2.75) is 32.5 Å². The topological polar surface area (TPSA) is 112 Å². The van der Waals surface area contributed by atoms with E-state index in [-0.39, 0.29) is 25.6 Å². The molecule has 1 aromatic carbocycles. The van der Waals surface area contributed by atoms with Gasteiger partial charge in [-0.15, -0.1) is 0 Å². The van der Waals surface area contributed by atoms with Crippen LogP contribution < -0.4 is 20.3 Å². The fraction of sp³-hybridized carbons (Fsp3) is 0.389. The van der Waals surface area contributed by atoms with Crippen molar-refractivity contribution in [1.29, 1.82) is 0 Å². The molecule has 4 rings (SSSR count). The predicted octanol–water partition coefficient (Wildman–Crippen LogP) is 0.873. The number of nitrogens with zero attached hydrogens (tertiary/aromatic N) is 2. The van der Waals surface area contributed by atoms with E-state index >= 15 is 0 Å². The van der Waals surface area contributed by atoms with Crippen molar-refractivity contribution in [3.8, 4) is 17.2 Å². The first-order chi connectivity index (χ1) is 12.9. The van der Waals surface area contributed by atoms with Crippen LogP contribution in [0.4, 0.5) is 0 Å². The molecular weight excluding hydrogens is 354 g/mol. The molecule has 0 unspecified atom stereocenters. The number of ether oxygens (including phenoxy) is 3. The first-order valence-electron chi connectivity index (χ1n) is 8.52. The van der Waals surface area contributed by atoms with E-state index in [0.29, 0.717) is 23.9 Å². The average molecular weight is 373 g/mol. The molecular formula is C18H19N3O6. The summed E-state index contributed by atoms with van der Waals surface area (Å²) in [5.41, 5.74) is -1.02. The van der Waals surface area contributed by atoms with Crippen LogP contribution >= 0.6 is 0 Å². The van der Waals surface area contributed by atoms with Crippen molar-refractivity contribution in [3.63, 3.8) is 0 Å². The molecule has 2 aliphatic rings. The highest BCUT2D eigenvalue weighted by Gasteiger charge is 2.34. The lowest BCUT2D eigenvalue weighted by Crippen LogP contribution is -2.42. The summed E-state index contributed by atoms with van der Waals surface area (Å²) in [7, 11) is 0. The molecule has 0 bridgehead atoms. The maximum Gasteiger partial charge on any atom is 0.296 e. The molecule has 0 saturated heterocycles. The lowest BCUT2D eigenvalue weighted by molar-refractivity contribution is -0.0566. The van der Waals surface area contributed by atoms with E-state index in [2.05, 4.69) is 10.3 Å². The van der Waals surface area contributed by atoms with Crippen LogP contribution in [0.15, 0.2) is 23.0 Å². The number of nitrogens with one attached hydrogen (secondary N) is 1. The molecule has 3 heterocycles. The molecule has 0 fully saturated rings. The van der Waals surface area contributed by atoms with Crippen LogP contribution in [0, 0.1) is 0 Å². The molecule has 1 aromatic heterocycles. The molecule has 9 heteroatoms. The van der Waals surface area contributed by atoms with Crippen LogP contribution in [0.25, 0.3) is 0 Å². The van der Waals surface area contributed by atoms with Gasteiger partial charge in [-0.05, 0) is 31.5 Å². The Morgan fingerprint density at radius 2 is 2.11 bits per heavy atom. The fourth-order valence-electron chi connectivity index (χ4n) is 3.14. The summed E-state index contributed by atoms with van der Waals surface area (Å²) in [5, 5.41) is 12.8. The molecule has 142 valence electrons. The van der Waals surface area contributed by atoms with E-state index in [1.807, 2.05) is 0 Å². The lowest BCUT2D eigenvalue weighted by atomic mass is 10.1. The third-order valence-electron chi connectivity index (χ3n) is 4.57. The summed E-state index contributed by atoms with van der Waals surface area (Å²) in [5.74, 6) is 0.249. The first-order valence-corrected chi connectivity index (χ1v) is 8.52. The van der Waals surface area contributed by atoms with Crippen LogP contribution in [-0.4, -0.2) is 34.0 Å². The number of fused-ring (bicyclic) bond motifs is 2. The van der Waals surface area contributed by atoms with Gasteiger partial charge in [0.05, 0.1) is 13.2 Å². The number of amides is 1. The molecule has 1 amide bonds. The normalized spacial score (nSPS) is 16.7. The maximum atomic E-state index is 12.5. The largest absolute Gasteiger partial charge is 0.501 e. The zero-order valence-corrected chi connectivity index (χ0v) is 14.9. The fourth-order valence-corrected chi connectivity index (χ4v) is 3.14. The summed E-state index contributed by atoms with van der Waals surface area (Å²) in [6.07, 6.45) is 0. The summed E-state index contributed by atoms with van der Waals surface area (Å²) >= 11 is 0. The first kappa shape index (κ1) is 17.3. The Labute approximate surface area is 154 Å². The molecule has 2 aliphatic heterocycles. The highest BCUT2D eigenvalue weighted by Crippen LogP contribution is 2.32. The van der Waals surface area contributed by atoms with Gasteiger partial charge in [0, 0.05) is 6.54 Å². The number of hydrogen-bond acceptors (Lipinski definition) is 7. The Morgan fingerprint density at radius 3 is 2.93 bits per heavy atom. The SMILES string of the molecule is CC1(C)OCCn2c1nc(C(=O)NCc1ccc3c(c1)OCO3)c(O)c2=O. The Kier molecular flexibility index (Phi) is 4.03. The van der Waals surface area contributed by atoms with E-state index in [9.17, 15) is 14.7 Å². The van der Waals surface area contributed by atoms with Crippen LogP contribution in [0.3, 0.4) is 0 Å². The molecule has 2 aromatic rings. The molecule has 0 saturated carbocycles. The zero-order valence-electron chi connectivity index (χ0n) is 14.9. The van der Waals surface area contributed by atoms with Crippen molar-refractivity contribution in [3.05, 3.63) is 45.6 Å². The van der Waals surface area contributed by atoms with Gasteiger partial charge >= 0.3 is 0 Å². The van der Waals surface area contributed by atoms with Crippen molar-refractivity contribution < 1.29 is 24.1 Å². The van der Waals surface area contributed by atoms with Gasteiger partial charge in [0.15, 0.2) is 17.2 Å². The minimum atomic E-state index is -0.836. The number of hydrogen-bond donors (Lipinski definition) is 2. The van der Waals surface area contributed by atoms with E-state index < -0.39 is 22.8 Å². The highest BCUT2D eigenvalue weighted by molar-refractivity contribution is 5.94. The number of carbonyl (C=O) groups is 1. The van der Waals surface area contributed by atoms with Crippen LogP contribution in [0.5, 0.6) is 17.2 Å². The van der Waals surface area contributed by atoms with E-state index in [0.717, 1.165) is 5.56 Å². The van der Waals surface area contributed by atoms with Crippen molar-refractivity contribution >= 4 is 5.91 Å².